The fraction of sp³-hybridized carbons (Fsp3) is 0.348. The highest BCUT2D eigenvalue weighted by Gasteiger charge is 2.20. The van der Waals surface area contributed by atoms with Gasteiger partial charge in [0.05, 0.1) is 6.20 Å². The first kappa shape index (κ1) is 19.2. The van der Waals surface area contributed by atoms with Crippen molar-refractivity contribution in [1.29, 1.82) is 0 Å². The molecule has 150 valence electrons. The minimum atomic E-state index is 0.686. The lowest BCUT2D eigenvalue weighted by Crippen LogP contribution is -2.47. The fourth-order valence-corrected chi connectivity index (χ4v) is 3.81. The lowest BCUT2D eigenvalue weighted by atomic mass is 10.1. The Hall–Kier alpha value is -3.15. The van der Waals surface area contributed by atoms with E-state index in [1.807, 2.05) is 0 Å². The number of nitrogens with zero attached hydrogens (tertiary/aromatic N) is 5. The number of anilines is 4. The minimum Gasteiger partial charge on any atom is -0.368 e. The highest BCUT2D eigenvalue weighted by atomic mass is 15.4. The summed E-state index contributed by atoms with van der Waals surface area (Å²) in [4.78, 5) is 9.37. The molecule has 0 atom stereocenters. The van der Waals surface area contributed by atoms with E-state index < -0.39 is 0 Å². The molecule has 29 heavy (non-hydrogen) atoms. The number of para-hydroxylation sites is 1. The second-order valence-corrected chi connectivity index (χ2v) is 7.54. The number of nitrogens with one attached hydrogen (secondary N) is 1. The van der Waals surface area contributed by atoms with Gasteiger partial charge < -0.3 is 15.1 Å². The Morgan fingerprint density at radius 3 is 2.48 bits per heavy atom. The molecule has 0 saturated carbocycles. The third-order valence-electron chi connectivity index (χ3n) is 5.47. The van der Waals surface area contributed by atoms with Crippen LogP contribution in [-0.2, 0) is 6.42 Å². The lowest BCUT2D eigenvalue weighted by molar-refractivity contribution is 0.635. The summed E-state index contributed by atoms with van der Waals surface area (Å²) >= 11 is 0. The van der Waals surface area contributed by atoms with Crippen LogP contribution in [-0.4, -0.2) is 41.4 Å². The number of aryl methyl sites for hydroxylation is 3. The van der Waals surface area contributed by atoms with Crippen LogP contribution in [0.3, 0.4) is 0 Å². The van der Waals surface area contributed by atoms with Crippen LogP contribution in [0, 0.1) is 13.8 Å². The van der Waals surface area contributed by atoms with Crippen LogP contribution in [0.15, 0.2) is 48.7 Å². The van der Waals surface area contributed by atoms with E-state index in [1.165, 1.54) is 22.4 Å². The average molecular weight is 389 g/mol. The Balaban J connectivity index is 1.46. The van der Waals surface area contributed by atoms with Crippen LogP contribution >= 0.6 is 0 Å². The molecule has 1 aromatic heterocycles. The third kappa shape index (κ3) is 4.31. The van der Waals surface area contributed by atoms with E-state index in [0.717, 1.165) is 44.1 Å². The number of hydrogen-bond acceptors (Lipinski definition) is 6. The third-order valence-corrected chi connectivity index (χ3v) is 5.47. The molecule has 2 aromatic carbocycles. The van der Waals surface area contributed by atoms with Crippen molar-refractivity contribution in [1.82, 2.24) is 15.2 Å². The first-order valence-corrected chi connectivity index (χ1v) is 10.3. The standard InChI is InChI=1S/C23H28N6/c1-4-19-9-6-8-18(3)22(19)25-21-16-24-27-23(26-21)29-13-11-28(12-14-29)20-10-5-7-17(2)15-20/h5-10,15-16H,4,11-14H2,1-3H3,(H,25,26,27). The van der Waals surface area contributed by atoms with Crippen LogP contribution in [0.5, 0.6) is 0 Å². The summed E-state index contributed by atoms with van der Waals surface area (Å²) in [5.74, 6) is 1.42. The van der Waals surface area contributed by atoms with Crippen molar-refractivity contribution in [2.45, 2.75) is 27.2 Å². The Kier molecular flexibility index (Phi) is 5.60. The van der Waals surface area contributed by atoms with E-state index in [0.29, 0.717) is 5.95 Å². The Labute approximate surface area is 172 Å². The maximum atomic E-state index is 4.74. The summed E-state index contributed by atoms with van der Waals surface area (Å²) in [6.45, 7) is 10.1. The van der Waals surface area contributed by atoms with E-state index in [1.54, 1.807) is 6.20 Å². The summed E-state index contributed by atoms with van der Waals surface area (Å²) < 4.78 is 0. The molecule has 4 rings (SSSR count). The van der Waals surface area contributed by atoms with Gasteiger partial charge in [0.15, 0.2) is 5.82 Å². The van der Waals surface area contributed by atoms with Gasteiger partial charge in [-0.15, -0.1) is 5.10 Å². The van der Waals surface area contributed by atoms with E-state index in [-0.39, 0.29) is 0 Å². The summed E-state index contributed by atoms with van der Waals surface area (Å²) in [5.41, 5.74) is 6.17. The fourth-order valence-electron chi connectivity index (χ4n) is 3.81. The van der Waals surface area contributed by atoms with E-state index >= 15 is 0 Å². The molecule has 6 heteroatoms. The lowest BCUT2D eigenvalue weighted by Gasteiger charge is -2.36. The van der Waals surface area contributed by atoms with Crippen LogP contribution in [0.2, 0.25) is 0 Å². The highest BCUT2D eigenvalue weighted by Crippen LogP contribution is 2.25. The smallest absolute Gasteiger partial charge is 0.247 e. The van der Waals surface area contributed by atoms with Gasteiger partial charge in [-0.1, -0.05) is 37.3 Å². The van der Waals surface area contributed by atoms with Crippen LogP contribution in [0.1, 0.15) is 23.6 Å². The van der Waals surface area contributed by atoms with E-state index in [2.05, 4.69) is 88.5 Å². The second kappa shape index (κ2) is 8.47. The molecular formula is C23H28N6. The monoisotopic (exact) mass is 388 g/mol. The average Bonchev–Trinajstić information content (AvgIpc) is 2.75. The van der Waals surface area contributed by atoms with Gasteiger partial charge in [0.2, 0.25) is 5.95 Å². The molecule has 1 aliphatic heterocycles. The van der Waals surface area contributed by atoms with Gasteiger partial charge in [0, 0.05) is 37.6 Å². The largest absolute Gasteiger partial charge is 0.368 e. The van der Waals surface area contributed by atoms with Crippen LogP contribution in [0.4, 0.5) is 23.1 Å². The van der Waals surface area contributed by atoms with Crippen molar-refractivity contribution in [3.8, 4) is 0 Å². The predicted octanol–water partition coefficient (Wildman–Crippen LogP) is 4.12. The Bertz CT molecular complexity index is 979. The van der Waals surface area contributed by atoms with Crippen molar-refractivity contribution < 1.29 is 0 Å². The zero-order valence-electron chi connectivity index (χ0n) is 17.4. The molecular weight excluding hydrogens is 360 g/mol. The van der Waals surface area contributed by atoms with Crippen molar-refractivity contribution in [3.05, 3.63) is 65.4 Å². The number of rotatable bonds is 5. The maximum absolute atomic E-state index is 4.74. The molecule has 0 aliphatic carbocycles. The van der Waals surface area contributed by atoms with Crippen LogP contribution < -0.4 is 15.1 Å². The molecule has 1 fully saturated rings. The van der Waals surface area contributed by atoms with Gasteiger partial charge in [-0.05, 0) is 49.1 Å². The molecule has 0 unspecified atom stereocenters. The van der Waals surface area contributed by atoms with Gasteiger partial charge in [0.25, 0.3) is 0 Å². The molecule has 0 amide bonds. The predicted molar refractivity (Wildman–Crippen MR) is 119 cm³/mol. The minimum absolute atomic E-state index is 0.686. The first-order valence-electron chi connectivity index (χ1n) is 10.3. The van der Waals surface area contributed by atoms with Crippen molar-refractivity contribution >= 4 is 23.1 Å². The topological polar surface area (TPSA) is 57.2 Å². The van der Waals surface area contributed by atoms with Gasteiger partial charge in [-0.3, -0.25) is 0 Å². The second-order valence-electron chi connectivity index (χ2n) is 7.54. The SMILES string of the molecule is CCc1cccc(C)c1Nc1cnnc(N2CCN(c3cccc(C)c3)CC2)n1. The Morgan fingerprint density at radius 1 is 0.966 bits per heavy atom. The Morgan fingerprint density at radius 2 is 1.72 bits per heavy atom. The summed E-state index contributed by atoms with van der Waals surface area (Å²) in [5, 5.41) is 11.9. The van der Waals surface area contributed by atoms with Gasteiger partial charge in [-0.2, -0.15) is 10.1 Å². The molecule has 1 N–H and O–H groups in total. The van der Waals surface area contributed by atoms with Crippen LogP contribution in [0.25, 0.3) is 0 Å². The molecule has 0 radical (unpaired) electrons. The zero-order chi connectivity index (χ0) is 20.2. The van der Waals surface area contributed by atoms with Crippen molar-refractivity contribution in [3.63, 3.8) is 0 Å². The quantitative estimate of drug-likeness (QED) is 0.709. The van der Waals surface area contributed by atoms with Gasteiger partial charge in [-0.25, -0.2) is 0 Å². The molecule has 0 spiro atoms. The normalized spacial score (nSPS) is 14.2. The number of aromatic nitrogens is 3. The molecule has 2 heterocycles. The molecule has 1 saturated heterocycles. The first-order chi connectivity index (χ1) is 14.1. The zero-order valence-corrected chi connectivity index (χ0v) is 17.4. The number of piperazine rings is 1. The van der Waals surface area contributed by atoms with Gasteiger partial charge in [0.1, 0.15) is 0 Å². The number of benzene rings is 2. The molecule has 6 nitrogen and oxygen atoms in total. The molecule has 3 aromatic rings. The molecule has 0 bridgehead atoms. The van der Waals surface area contributed by atoms with Gasteiger partial charge >= 0.3 is 0 Å². The summed E-state index contributed by atoms with van der Waals surface area (Å²) in [6.07, 6.45) is 2.66. The van der Waals surface area contributed by atoms with Crippen molar-refractivity contribution in [2.24, 2.45) is 0 Å². The van der Waals surface area contributed by atoms with E-state index in [9.17, 15) is 0 Å². The van der Waals surface area contributed by atoms with Crippen molar-refractivity contribution in [2.75, 3.05) is 41.3 Å². The number of hydrogen-bond donors (Lipinski definition) is 1. The van der Waals surface area contributed by atoms with E-state index in [4.69, 9.17) is 4.98 Å². The summed E-state index contributed by atoms with van der Waals surface area (Å²) in [7, 11) is 0. The molecule has 1 aliphatic rings. The highest BCUT2D eigenvalue weighted by molar-refractivity contribution is 5.65. The maximum Gasteiger partial charge on any atom is 0.247 e. The summed E-state index contributed by atoms with van der Waals surface area (Å²) in [6, 6.07) is 15.0.